The number of carbonyl (C=O) groups is 6. The average molecular weight is 1520 g/mol. The standard InChI is InChI=1S/C23H22O3.C18H21NO2.C16H15ClO2.C16H16O3.C11H15NO2.C9H10O3/c1-17-13-21(23(24)26-16-20-11-7-4-8-12-20)14-18(2)22(17)25-15-19-9-5-3-6-10-19;1-4-19-18(20)16-10-13(2)17(14(3)11-16)21-12-15-8-6-5-7-9-15;2*1-11-8-14(16(17)18)9-12(2)15(11)19-10-13-6-4-3-5-7-13;1-4-12-11(14)9-5-7(2)10(13)8(3)6-9;1-5-3-7(9(11)12)4-6(2)8(5)10/h3-14H,15-16H2,1-2H3;5-11H,4,12H2,1-3H3,(H,19,20);3-9H,10H2,1-2H3;3-9H,10H2,1-2H3,(H,17,18);5-6,13H,4H2,1-3H3,(H,12,14);3-4,10H,1-2H3,(H,11,12). The van der Waals surface area contributed by atoms with Crippen LogP contribution in [0.1, 0.15) is 171 Å². The molecule has 0 saturated heterocycles. The van der Waals surface area contributed by atoms with Gasteiger partial charge in [0.25, 0.3) is 17.1 Å². The number of aromatic hydroxyl groups is 2. The van der Waals surface area contributed by atoms with E-state index in [1.54, 1.807) is 64.1 Å². The van der Waals surface area contributed by atoms with Crippen LogP contribution in [0.4, 0.5) is 0 Å². The Hall–Kier alpha value is -12.5. The highest BCUT2D eigenvalue weighted by Crippen LogP contribution is 2.31. The minimum Gasteiger partial charge on any atom is -0.507 e. The van der Waals surface area contributed by atoms with E-state index in [1.165, 1.54) is 12.1 Å². The number of phenolic OH excluding ortho intramolecular Hbond substituents is 2. The molecule has 0 aliphatic rings. The lowest BCUT2D eigenvalue weighted by Crippen LogP contribution is -2.22. The molecule has 6 N–H and O–H groups in total. The molecule has 111 heavy (non-hydrogen) atoms. The lowest BCUT2D eigenvalue weighted by molar-refractivity contribution is 0.0471. The van der Waals surface area contributed by atoms with Crippen LogP contribution in [-0.2, 0) is 37.8 Å². The molecule has 18 heteroatoms. The summed E-state index contributed by atoms with van der Waals surface area (Å²) in [6.45, 7) is 29.6. The molecule has 11 aromatic rings. The number of benzene rings is 11. The molecule has 0 spiro atoms. The van der Waals surface area contributed by atoms with Gasteiger partial charge in [-0.3, -0.25) is 14.4 Å². The van der Waals surface area contributed by atoms with Crippen LogP contribution in [0.3, 0.4) is 0 Å². The van der Waals surface area contributed by atoms with Crippen LogP contribution in [0.5, 0.6) is 34.5 Å². The first-order chi connectivity index (χ1) is 53.0. The molecule has 0 radical (unpaired) electrons. The Morgan fingerprint density at radius 3 is 0.739 bits per heavy atom. The molecule has 0 aromatic heterocycles. The minimum absolute atomic E-state index is 0.0432. The van der Waals surface area contributed by atoms with Crippen LogP contribution in [0, 0.1) is 83.1 Å². The number of amides is 2. The largest absolute Gasteiger partial charge is 0.507 e. The van der Waals surface area contributed by atoms with E-state index in [2.05, 4.69) is 10.6 Å². The van der Waals surface area contributed by atoms with E-state index in [1.807, 2.05) is 245 Å². The zero-order chi connectivity index (χ0) is 81.3. The Bertz CT molecular complexity index is 4690. The van der Waals surface area contributed by atoms with E-state index in [-0.39, 0.29) is 41.5 Å². The maximum absolute atomic E-state index is 12.4. The molecular weight excluding hydrogens is 1420 g/mol. The van der Waals surface area contributed by atoms with E-state index in [0.29, 0.717) is 78.5 Å². The fourth-order valence-corrected chi connectivity index (χ4v) is 11.7. The van der Waals surface area contributed by atoms with Crippen LogP contribution in [0.25, 0.3) is 0 Å². The molecule has 0 aliphatic heterocycles. The van der Waals surface area contributed by atoms with E-state index < -0.39 is 17.2 Å². The first-order valence-electron chi connectivity index (χ1n) is 36.1. The molecule has 0 aliphatic carbocycles. The van der Waals surface area contributed by atoms with Gasteiger partial charge in [0.15, 0.2) is 0 Å². The van der Waals surface area contributed by atoms with Gasteiger partial charge in [-0.2, -0.15) is 0 Å². The average Bonchev–Trinajstić information content (AvgIpc) is 0.845. The molecule has 0 heterocycles. The lowest BCUT2D eigenvalue weighted by Gasteiger charge is -2.14. The first-order valence-corrected chi connectivity index (χ1v) is 36.5. The van der Waals surface area contributed by atoms with Gasteiger partial charge in [0.1, 0.15) is 67.5 Å². The number of rotatable bonds is 22. The zero-order valence-corrected chi connectivity index (χ0v) is 66.2. The fourth-order valence-electron chi connectivity index (χ4n) is 11.6. The molecule has 0 bridgehead atoms. The number of phenols is 2. The molecule has 17 nitrogen and oxygen atoms in total. The maximum Gasteiger partial charge on any atom is 0.338 e. The Balaban J connectivity index is 0.000000211. The number of hydrogen-bond donors (Lipinski definition) is 6. The highest BCUT2D eigenvalue weighted by Gasteiger charge is 2.18. The van der Waals surface area contributed by atoms with Crippen LogP contribution < -0.4 is 29.6 Å². The molecule has 0 unspecified atom stereocenters. The Morgan fingerprint density at radius 1 is 0.297 bits per heavy atom. The van der Waals surface area contributed by atoms with Crippen molar-refractivity contribution in [3.8, 4) is 34.5 Å². The Labute approximate surface area is 656 Å². The summed E-state index contributed by atoms with van der Waals surface area (Å²) in [6, 6.07) is 70.0. The predicted octanol–water partition coefficient (Wildman–Crippen LogP) is 20.2. The third-order valence-electron chi connectivity index (χ3n) is 17.1. The molecule has 0 atom stereocenters. The predicted molar refractivity (Wildman–Crippen MR) is 438 cm³/mol. The number of hydrogen-bond acceptors (Lipinski definition) is 13. The molecule has 2 amide bonds. The fraction of sp³-hybridized carbons (Fsp3) is 0.226. The number of nitrogens with one attached hydrogen (secondary N) is 2. The molecule has 11 rings (SSSR count). The van der Waals surface area contributed by atoms with Gasteiger partial charge in [-0.05, 0) is 276 Å². The lowest BCUT2D eigenvalue weighted by atomic mass is 10.0. The van der Waals surface area contributed by atoms with Gasteiger partial charge in [0.2, 0.25) is 0 Å². The number of carboxylic acids is 2. The van der Waals surface area contributed by atoms with Gasteiger partial charge in [0.05, 0.1) is 16.7 Å². The highest BCUT2D eigenvalue weighted by atomic mass is 35.5. The SMILES string of the molecule is CCNC(=O)c1cc(C)c(O)c(C)c1.CCNC(=O)c1cc(C)c(OCc2ccccc2)c(C)c1.Cc1cc(C(=O)Cl)cc(C)c1OCc1ccccc1.Cc1cc(C(=O)O)cc(C)c1O.Cc1cc(C(=O)O)cc(C)c1OCc1ccccc1.Cc1cc(C(=O)OCc2ccccc2)cc(C)c1OCc1ccccc1. The monoisotopic (exact) mass is 1520 g/mol. The molecule has 578 valence electrons. The van der Waals surface area contributed by atoms with Crippen molar-refractivity contribution in [3.63, 3.8) is 0 Å². The summed E-state index contributed by atoms with van der Waals surface area (Å²) in [5.41, 5.74) is 18.2. The number of carboxylic acid groups (broad SMARTS) is 2. The normalized spacial score (nSPS) is 10.2. The van der Waals surface area contributed by atoms with Crippen molar-refractivity contribution in [2.24, 2.45) is 0 Å². The van der Waals surface area contributed by atoms with E-state index in [4.69, 9.17) is 45.5 Å². The number of carbonyl (C=O) groups excluding carboxylic acids is 4. The summed E-state index contributed by atoms with van der Waals surface area (Å²) in [4.78, 5) is 68.4. The first kappa shape index (κ1) is 87.4. The molecule has 11 aromatic carbocycles. The Kier molecular flexibility index (Phi) is 34.8. The zero-order valence-electron chi connectivity index (χ0n) is 65.5. The van der Waals surface area contributed by atoms with E-state index in [0.717, 1.165) is 106 Å². The van der Waals surface area contributed by atoms with Crippen LogP contribution >= 0.6 is 11.6 Å². The summed E-state index contributed by atoms with van der Waals surface area (Å²) < 4.78 is 28.9. The second-order valence-electron chi connectivity index (χ2n) is 26.4. The number of aromatic carboxylic acids is 2. The van der Waals surface area contributed by atoms with E-state index >= 15 is 0 Å². The highest BCUT2D eigenvalue weighted by molar-refractivity contribution is 6.67. The van der Waals surface area contributed by atoms with Crippen molar-refractivity contribution in [1.29, 1.82) is 0 Å². The van der Waals surface area contributed by atoms with Crippen LogP contribution in [0.2, 0.25) is 0 Å². The third-order valence-corrected chi connectivity index (χ3v) is 17.3. The number of aryl methyl sites for hydroxylation is 12. The second kappa shape index (κ2) is 44.1. The van der Waals surface area contributed by atoms with Crippen molar-refractivity contribution >= 4 is 46.6 Å². The topological polar surface area (TPSA) is 254 Å². The summed E-state index contributed by atoms with van der Waals surface area (Å²) in [5, 5.41) is 41.6. The van der Waals surface area contributed by atoms with Crippen molar-refractivity contribution < 1.29 is 72.9 Å². The minimum atomic E-state index is -0.971. The van der Waals surface area contributed by atoms with Gasteiger partial charge in [-0.1, -0.05) is 152 Å². The second-order valence-corrected chi connectivity index (χ2v) is 26.8. The van der Waals surface area contributed by atoms with Gasteiger partial charge in [-0.25, -0.2) is 14.4 Å². The number of halogens is 1. The van der Waals surface area contributed by atoms with E-state index in [9.17, 15) is 39.0 Å². The van der Waals surface area contributed by atoms with Gasteiger partial charge >= 0.3 is 17.9 Å². The van der Waals surface area contributed by atoms with Crippen molar-refractivity contribution in [2.45, 2.75) is 130 Å². The number of esters is 1. The maximum atomic E-state index is 12.4. The summed E-state index contributed by atoms with van der Waals surface area (Å²) in [6.07, 6.45) is 0. The quantitative estimate of drug-likeness (QED) is 0.0273. The van der Waals surface area contributed by atoms with Gasteiger partial charge < -0.3 is 54.7 Å². The van der Waals surface area contributed by atoms with Crippen LogP contribution in [0.15, 0.2) is 224 Å². The van der Waals surface area contributed by atoms with Crippen molar-refractivity contribution in [2.75, 3.05) is 13.1 Å². The van der Waals surface area contributed by atoms with Crippen LogP contribution in [-0.4, -0.2) is 68.5 Å². The summed E-state index contributed by atoms with van der Waals surface area (Å²) in [7, 11) is 0. The smallest absolute Gasteiger partial charge is 0.338 e. The van der Waals surface area contributed by atoms with Crippen molar-refractivity contribution in [3.05, 3.63) is 352 Å². The molecular formula is C93H99ClN2O15. The Morgan fingerprint density at radius 2 is 0.505 bits per heavy atom. The molecule has 0 fully saturated rings. The summed E-state index contributed by atoms with van der Waals surface area (Å²) in [5.74, 6) is 1.31. The van der Waals surface area contributed by atoms with Gasteiger partial charge in [-0.15, -0.1) is 0 Å². The summed E-state index contributed by atoms with van der Waals surface area (Å²) >= 11 is 5.49. The molecule has 0 saturated carbocycles. The third kappa shape index (κ3) is 27.9. The number of ether oxygens (including phenoxy) is 5. The van der Waals surface area contributed by atoms with Crippen molar-refractivity contribution in [1.82, 2.24) is 10.6 Å². The van der Waals surface area contributed by atoms with Gasteiger partial charge in [0, 0.05) is 29.8 Å².